The molecule has 11 nitrogen and oxygen atoms in total. The maximum absolute atomic E-state index is 12.6. The van der Waals surface area contributed by atoms with Crippen LogP contribution < -0.4 is 0 Å². The highest BCUT2D eigenvalue weighted by Gasteiger charge is 2.27. The molecule has 0 fully saturated rings. The molecule has 0 rings (SSSR count). The number of hydrogen-bond acceptors (Lipinski definition) is 10. The highest BCUT2D eigenvalue weighted by molar-refractivity contribution is 7.47. The standard InChI is InChI=1S/C44H75O11P/c1-3-5-7-9-11-13-14-15-16-17-18-20-22-26-31-35-44(49)55-42(39-54-56(50,51)53-37-41(47)36-45)38-52-43(48)34-30-27-23-25-29-33-40(46)32-28-24-21-19-12-10-8-6-4-2/h12-16,19,23-25,28-29,33,40-42,45-47H,3-11,17-18,20-22,26-27,30-32,34-39H2,1-2H3,(H,50,51)/b14-13-,16-15-,19-12-,25-23+,28-24-,33-29-/t40?,41-,42+/m0/s1. The molecule has 0 bridgehead atoms. The number of phosphoric acid groups is 1. The van der Waals surface area contributed by atoms with Gasteiger partial charge in [-0.05, 0) is 70.6 Å². The maximum atomic E-state index is 12.6. The third kappa shape index (κ3) is 38.3. The normalized spacial score (nSPS) is 15.2. The average molecular weight is 811 g/mol. The van der Waals surface area contributed by atoms with Crippen LogP contribution in [0.3, 0.4) is 0 Å². The van der Waals surface area contributed by atoms with Gasteiger partial charge in [-0.3, -0.25) is 18.6 Å². The Morgan fingerprint density at radius 2 is 1.14 bits per heavy atom. The molecule has 0 aliphatic carbocycles. The molecule has 0 radical (unpaired) electrons. The van der Waals surface area contributed by atoms with E-state index >= 15 is 0 Å². The Labute approximate surface area is 338 Å². The van der Waals surface area contributed by atoms with Crippen molar-refractivity contribution in [3.8, 4) is 0 Å². The fourth-order valence-electron chi connectivity index (χ4n) is 5.11. The molecule has 4 N–H and O–H groups in total. The van der Waals surface area contributed by atoms with Crippen LogP contribution in [-0.4, -0.2) is 76.9 Å². The molecule has 56 heavy (non-hydrogen) atoms. The van der Waals surface area contributed by atoms with Crippen molar-refractivity contribution < 1.29 is 52.9 Å². The number of carbonyl (C=O) groups is 2. The first-order valence-electron chi connectivity index (χ1n) is 21.0. The molecular formula is C44H75O11P. The lowest BCUT2D eigenvalue weighted by Crippen LogP contribution is -2.29. The lowest BCUT2D eigenvalue weighted by molar-refractivity contribution is -0.161. The summed E-state index contributed by atoms with van der Waals surface area (Å²) in [6.07, 6.45) is 40.4. The van der Waals surface area contributed by atoms with Crippen LogP contribution in [0.15, 0.2) is 72.9 Å². The minimum absolute atomic E-state index is 0.0995. The van der Waals surface area contributed by atoms with Gasteiger partial charge >= 0.3 is 19.8 Å². The van der Waals surface area contributed by atoms with E-state index in [4.69, 9.17) is 19.1 Å². The number of aliphatic hydroxyl groups is 3. The van der Waals surface area contributed by atoms with Crippen molar-refractivity contribution in [2.75, 3.05) is 26.4 Å². The minimum atomic E-state index is -4.66. The molecule has 0 saturated carbocycles. The molecular weight excluding hydrogens is 735 g/mol. The summed E-state index contributed by atoms with van der Waals surface area (Å²) in [5.74, 6) is -1.08. The van der Waals surface area contributed by atoms with Crippen molar-refractivity contribution >= 4 is 19.8 Å². The van der Waals surface area contributed by atoms with E-state index < -0.39 is 57.9 Å². The number of carbonyl (C=O) groups excluding carboxylic acids is 2. The number of ether oxygens (including phenoxy) is 2. The number of hydrogen-bond donors (Lipinski definition) is 4. The molecule has 0 amide bonds. The first-order chi connectivity index (χ1) is 27.1. The SMILES string of the molecule is CCCCC/C=C\C/C=C\CC(O)/C=C\C=C\CCCC(=O)OC[C@H](COP(=O)(O)OC[C@@H](O)CO)OC(=O)CCCCCCC/C=C\C=C/CCCCCC. The lowest BCUT2D eigenvalue weighted by atomic mass is 10.1. The largest absolute Gasteiger partial charge is 0.472 e. The zero-order valence-electron chi connectivity index (χ0n) is 34.4. The van der Waals surface area contributed by atoms with Crippen molar-refractivity contribution in [3.05, 3.63) is 72.9 Å². The summed E-state index contributed by atoms with van der Waals surface area (Å²) in [6, 6.07) is 0. The second kappa shape index (κ2) is 39.2. The van der Waals surface area contributed by atoms with Crippen LogP contribution >= 0.6 is 7.82 Å². The van der Waals surface area contributed by atoms with Crippen LogP contribution in [0.5, 0.6) is 0 Å². The van der Waals surface area contributed by atoms with Crippen LogP contribution in [0.1, 0.15) is 149 Å². The van der Waals surface area contributed by atoms with Gasteiger partial charge in [0.2, 0.25) is 0 Å². The van der Waals surface area contributed by atoms with Gasteiger partial charge in [-0.25, -0.2) is 4.57 Å². The number of rotatable bonds is 38. The summed E-state index contributed by atoms with van der Waals surface area (Å²) in [4.78, 5) is 34.9. The molecule has 12 heteroatoms. The summed E-state index contributed by atoms with van der Waals surface area (Å²) in [7, 11) is -4.66. The van der Waals surface area contributed by atoms with Crippen molar-refractivity contribution in [1.29, 1.82) is 0 Å². The Morgan fingerprint density at radius 1 is 0.607 bits per heavy atom. The van der Waals surface area contributed by atoms with Crippen molar-refractivity contribution in [2.24, 2.45) is 0 Å². The second-order valence-corrected chi connectivity index (χ2v) is 15.3. The number of esters is 2. The fourth-order valence-corrected chi connectivity index (χ4v) is 5.90. The Balaban J connectivity index is 4.54. The van der Waals surface area contributed by atoms with E-state index in [-0.39, 0.29) is 19.4 Å². The van der Waals surface area contributed by atoms with Gasteiger partial charge in [-0.2, -0.15) is 0 Å². The van der Waals surface area contributed by atoms with Gasteiger partial charge in [-0.1, -0.05) is 138 Å². The summed E-state index contributed by atoms with van der Waals surface area (Å²) < 4.78 is 32.5. The van der Waals surface area contributed by atoms with Gasteiger partial charge in [0.15, 0.2) is 6.10 Å². The quantitative estimate of drug-likeness (QED) is 0.0154. The Kier molecular flexibility index (Phi) is 37.4. The van der Waals surface area contributed by atoms with Crippen molar-refractivity contribution in [3.63, 3.8) is 0 Å². The zero-order chi connectivity index (χ0) is 41.4. The van der Waals surface area contributed by atoms with Gasteiger partial charge in [0.1, 0.15) is 12.7 Å². The van der Waals surface area contributed by atoms with E-state index in [9.17, 15) is 29.3 Å². The number of phosphoric ester groups is 1. The maximum Gasteiger partial charge on any atom is 0.472 e. The zero-order valence-corrected chi connectivity index (χ0v) is 35.3. The van der Waals surface area contributed by atoms with Crippen molar-refractivity contribution in [2.45, 2.75) is 167 Å². The van der Waals surface area contributed by atoms with Gasteiger partial charge in [0, 0.05) is 12.8 Å². The first-order valence-corrected chi connectivity index (χ1v) is 22.5. The first kappa shape index (κ1) is 53.4. The van der Waals surface area contributed by atoms with Crippen LogP contribution in [0.4, 0.5) is 0 Å². The summed E-state index contributed by atoms with van der Waals surface area (Å²) >= 11 is 0. The van der Waals surface area contributed by atoms with Crippen LogP contribution in [0, 0.1) is 0 Å². The number of allylic oxidation sites excluding steroid dienone is 10. The second-order valence-electron chi connectivity index (χ2n) is 13.9. The molecule has 0 aliphatic rings. The predicted molar refractivity (Wildman–Crippen MR) is 225 cm³/mol. The third-order valence-corrected chi connectivity index (χ3v) is 9.39. The molecule has 0 aliphatic heterocycles. The summed E-state index contributed by atoms with van der Waals surface area (Å²) in [5, 5.41) is 28.4. The Bertz CT molecular complexity index is 1180. The lowest BCUT2D eigenvalue weighted by Gasteiger charge is -2.20. The molecule has 0 spiro atoms. The van der Waals surface area contributed by atoms with Gasteiger partial charge in [0.05, 0.1) is 25.9 Å². The summed E-state index contributed by atoms with van der Waals surface area (Å²) in [6.45, 7) is 2.12. The van der Waals surface area contributed by atoms with Crippen LogP contribution in [0.25, 0.3) is 0 Å². The van der Waals surface area contributed by atoms with E-state index in [0.717, 1.165) is 51.4 Å². The highest BCUT2D eigenvalue weighted by atomic mass is 31.2. The Morgan fingerprint density at radius 3 is 1.84 bits per heavy atom. The van der Waals surface area contributed by atoms with Gasteiger partial charge in [-0.15, -0.1) is 0 Å². The molecule has 4 atom stereocenters. The van der Waals surface area contributed by atoms with Crippen LogP contribution in [-0.2, 0) is 32.7 Å². The van der Waals surface area contributed by atoms with E-state index in [0.29, 0.717) is 25.7 Å². The number of unbranched alkanes of at least 4 members (excludes halogenated alkanes) is 13. The molecule has 0 heterocycles. The van der Waals surface area contributed by atoms with Crippen molar-refractivity contribution in [1.82, 2.24) is 0 Å². The minimum Gasteiger partial charge on any atom is -0.462 e. The molecule has 322 valence electrons. The van der Waals surface area contributed by atoms with E-state index in [1.807, 2.05) is 24.3 Å². The molecule has 0 aromatic heterocycles. The molecule has 2 unspecified atom stereocenters. The highest BCUT2D eigenvalue weighted by Crippen LogP contribution is 2.43. The monoisotopic (exact) mass is 811 g/mol. The smallest absolute Gasteiger partial charge is 0.462 e. The molecule has 0 aromatic rings. The fraction of sp³-hybridized carbons (Fsp3) is 0.682. The van der Waals surface area contributed by atoms with E-state index in [1.54, 1.807) is 12.2 Å². The van der Waals surface area contributed by atoms with E-state index in [1.165, 1.54) is 44.9 Å². The van der Waals surface area contributed by atoms with Gasteiger partial charge in [0.25, 0.3) is 0 Å². The van der Waals surface area contributed by atoms with Gasteiger partial charge < -0.3 is 29.7 Å². The third-order valence-electron chi connectivity index (χ3n) is 8.44. The predicted octanol–water partition coefficient (Wildman–Crippen LogP) is 9.86. The number of aliphatic hydroxyl groups excluding tert-OH is 3. The average Bonchev–Trinajstić information content (AvgIpc) is 3.18. The Hall–Kier alpha value is -2.63. The molecule has 0 saturated heterocycles. The van der Waals surface area contributed by atoms with Crippen LogP contribution in [0.2, 0.25) is 0 Å². The van der Waals surface area contributed by atoms with E-state index in [2.05, 4.69) is 54.8 Å². The topological polar surface area (TPSA) is 169 Å². The molecule has 0 aromatic carbocycles. The summed E-state index contributed by atoms with van der Waals surface area (Å²) in [5.41, 5.74) is 0.